The van der Waals surface area contributed by atoms with Crippen LogP contribution in [0.25, 0.3) is 0 Å². The van der Waals surface area contributed by atoms with Crippen molar-refractivity contribution in [3.8, 4) is 0 Å². The van der Waals surface area contributed by atoms with E-state index in [9.17, 15) is 14.7 Å². The van der Waals surface area contributed by atoms with Crippen molar-refractivity contribution in [3.05, 3.63) is 35.4 Å². The fourth-order valence-electron chi connectivity index (χ4n) is 3.08. The molecular formula is C20H30N2O4. The van der Waals surface area contributed by atoms with Gasteiger partial charge in [-0.15, -0.1) is 0 Å². The van der Waals surface area contributed by atoms with Crippen molar-refractivity contribution < 1.29 is 19.4 Å². The lowest BCUT2D eigenvalue weighted by molar-refractivity contribution is -0.127. The Kier molecular flexibility index (Phi) is 6.29. The van der Waals surface area contributed by atoms with Crippen LogP contribution >= 0.6 is 0 Å². The molecule has 6 heteroatoms. The van der Waals surface area contributed by atoms with Gasteiger partial charge in [-0.3, -0.25) is 9.69 Å². The molecule has 1 aromatic rings. The molecule has 1 aliphatic heterocycles. The van der Waals surface area contributed by atoms with Gasteiger partial charge in [0.15, 0.2) is 0 Å². The van der Waals surface area contributed by atoms with Gasteiger partial charge in [0, 0.05) is 13.1 Å². The van der Waals surface area contributed by atoms with Crippen LogP contribution in [0.1, 0.15) is 51.3 Å². The third-order valence-electron chi connectivity index (χ3n) is 4.53. The standard InChI is InChI=1S/C20H30N2O4/c1-13-6-8-15(9-7-13)16(23)12-21-18(24)17-14(2)10-11-22(17)19(25)26-20(3,4)5/h6-9,14,16-17,23H,10-12H2,1-5H3,(H,21,24). The molecule has 1 saturated heterocycles. The van der Waals surface area contributed by atoms with Gasteiger partial charge in [-0.05, 0) is 45.6 Å². The number of carbonyl (C=O) groups is 2. The van der Waals surface area contributed by atoms with Crippen molar-refractivity contribution in [2.24, 2.45) is 5.92 Å². The Morgan fingerprint density at radius 2 is 1.92 bits per heavy atom. The smallest absolute Gasteiger partial charge is 0.410 e. The Labute approximate surface area is 155 Å². The number of rotatable bonds is 4. The molecule has 3 atom stereocenters. The normalized spacial score (nSPS) is 21.4. The summed E-state index contributed by atoms with van der Waals surface area (Å²) in [4.78, 5) is 26.5. The lowest BCUT2D eigenvalue weighted by atomic mass is 10.0. The molecule has 3 unspecified atom stereocenters. The van der Waals surface area contributed by atoms with Gasteiger partial charge >= 0.3 is 6.09 Å². The van der Waals surface area contributed by atoms with E-state index in [0.717, 1.165) is 17.5 Å². The topological polar surface area (TPSA) is 78.9 Å². The Bertz CT molecular complexity index is 636. The molecule has 6 nitrogen and oxygen atoms in total. The lowest BCUT2D eigenvalue weighted by Gasteiger charge is -2.29. The van der Waals surface area contributed by atoms with E-state index in [1.807, 2.05) is 38.1 Å². The zero-order valence-corrected chi connectivity index (χ0v) is 16.3. The number of aryl methyl sites for hydroxylation is 1. The number of aliphatic hydroxyl groups is 1. The second kappa shape index (κ2) is 8.08. The highest BCUT2D eigenvalue weighted by atomic mass is 16.6. The van der Waals surface area contributed by atoms with E-state index in [1.54, 1.807) is 20.8 Å². The Balaban J connectivity index is 1.97. The van der Waals surface area contributed by atoms with Crippen LogP contribution in [0, 0.1) is 12.8 Å². The molecule has 1 fully saturated rings. The SMILES string of the molecule is Cc1ccc(C(O)CNC(=O)C2C(C)CCN2C(=O)OC(C)(C)C)cc1. The van der Waals surface area contributed by atoms with Gasteiger partial charge in [-0.25, -0.2) is 4.79 Å². The molecule has 144 valence electrons. The number of aliphatic hydroxyl groups excluding tert-OH is 1. The minimum Gasteiger partial charge on any atom is -0.444 e. The average Bonchev–Trinajstić information content (AvgIpc) is 2.93. The second-order valence-corrected chi connectivity index (χ2v) is 8.06. The van der Waals surface area contributed by atoms with Crippen molar-refractivity contribution in [3.63, 3.8) is 0 Å². The summed E-state index contributed by atoms with van der Waals surface area (Å²) >= 11 is 0. The van der Waals surface area contributed by atoms with E-state index in [1.165, 1.54) is 4.90 Å². The van der Waals surface area contributed by atoms with Crippen LogP contribution in [0.3, 0.4) is 0 Å². The zero-order chi connectivity index (χ0) is 19.5. The molecule has 1 heterocycles. The van der Waals surface area contributed by atoms with Crippen LogP contribution in [-0.4, -0.2) is 46.7 Å². The van der Waals surface area contributed by atoms with Crippen molar-refractivity contribution in [1.82, 2.24) is 10.2 Å². The second-order valence-electron chi connectivity index (χ2n) is 8.06. The molecule has 26 heavy (non-hydrogen) atoms. The predicted molar refractivity (Wildman–Crippen MR) is 99.7 cm³/mol. The molecule has 2 amide bonds. The van der Waals surface area contributed by atoms with Gasteiger partial charge in [-0.1, -0.05) is 36.8 Å². The molecule has 0 aromatic heterocycles. The number of ether oxygens (including phenoxy) is 1. The number of nitrogens with zero attached hydrogens (tertiary/aromatic N) is 1. The molecule has 1 aliphatic rings. The first-order chi connectivity index (χ1) is 12.1. The van der Waals surface area contributed by atoms with Crippen molar-refractivity contribution in [2.45, 2.75) is 58.8 Å². The highest BCUT2D eigenvalue weighted by molar-refractivity contribution is 5.86. The van der Waals surface area contributed by atoms with Crippen molar-refractivity contribution in [1.29, 1.82) is 0 Å². The highest BCUT2D eigenvalue weighted by Crippen LogP contribution is 2.26. The third-order valence-corrected chi connectivity index (χ3v) is 4.53. The van der Waals surface area contributed by atoms with Crippen LogP contribution in [0.4, 0.5) is 4.79 Å². The first kappa shape index (κ1) is 20.2. The highest BCUT2D eigenvalue weighted by Gasteiger charge is 2.41. The van der Waals surface area contributed by atoms with Crippen LogP contribution in [0.2, 0.25) is 0 Å². The molecule has 2 rings (SSSR count). The summed E-state index contributed by atoms with van der Waals surface area (Å²) in [6.07, 6.45) is -0.509. The number of benzene rings is 1. The van der Waals surface area contributed by atoms with Gasteiger partial charge in [0.25, 0.3) is 0 Å². The Hall–Kier alpha value is -2.08. The van der Waals surface area contributed by atoms with Gasteiger partial charge in [-0.2, -0.15) is 0 Å². The summed E-state index contributed by atoms with van der Waals surface area (Å²) in [5, 5.41) is 13.1. The fourth-order valence-corrected chi connectivity index (χ4v) is 3.08. The van der Waals surface area contributed by atoms with E-state index in [4.69, 9.17) is 4.74 Å². The van der Waals surface area contributed by atoms with Crippen molar-refractivity contribution >= 4 is 12.0 Å². The molecule has 0 bridgehead atoms. The maximum Gasteiger partial charge on any atom is 0.410 e. The Morgan fingerprint density at radius 3 is 2.50 bits per heavy atom. The lowest BCUT2D eigenvalue weighted by Crippen LogP contribution is -2.50. The maximum atomic E-state index is 12.7. The molecule has 0 aliphatic carbocycles. The summed E-state index contributed by atoms with van der Waals surface area (Å²) in [5.41, 5.74) is 1.25. The summed E-state index contributed by atoms with van der Waals surface area (Å²) < 4.78 is 5.41. The van der Waals surface area contributed by atoms with Crippen LogP contribution in [0.5, 0.6) is 0 Å². The van der Waals surface area contributed by atoms with Crippen molar-refractivity contribution in [2.75, 3.05) is 13.1 Å². The number of carbonyl (C=O) groups excluding carboxylic acids is 2. The zero-order valence-electron chi connectivity index (χ0n) is 16.3. The largest absolute Gasteiger partial charge is 0.444 e. The van der Waals surface area contributed by atoms with Gasteiger partial charge in [0.2, 0.25) is 5.91 Å². The maximum absolute atomic E-state index is 12.7. The monoisotopic (exact) mass is 362 g/mol. The Morgan fingerprint density at radius 1 is 1.31 bits per heavy atom. The molecule has 2 N–H and O–H groups in total. The average molecular weight is 362 g/mol. The quantitative estimate of drug-likeness (QED) is 0.863. The summed E-state index contributed by atoms with van der Waals surface area (Å²) in [6, 6.07) is 6.96. The molecule has 0 radical (unpaired) electrons. The fraction of sp³-hybridized carbons (Fsp3) is 0.600. The minimum atomic E-state index is -0.786. The molecule has 0 spiro atoms. The molecule has 1 aromatic carbocycles. The molecule has 0 saturated carbocycles. The first-order valence-corrected chi connectivity index (χ1v) is 9.10. The summed E-state index contributed by atoms with van der Waals surface area (Å²) in [5.74, 6) is -0.217. The van der Waals surface area contributed by atoms with Crippen LogP contribution < -0.4 is 5.32 Å². The number of nitrogens with one attached hydrogen (secondary N) is 1. The van der Waals surface area contributed by atoms with E-state index in [0.29, 0.717) is 6.54 Å². The van der Waals surface area contributed by atoms with Gasteiger partial charge in [0.05, 0.1) is 6.10 Å². The van der Waals surface area contributed by atoms with E-state index in [2.05, 4.69) is 5.32 Å². The number of hydrogen-bond donors (Lipinski definition) is 2. The van der Waals surface area contributed by atoms with Gasteiger partial charge in [0.1, 0.15) is 11.6 Å². The summed E-state index contributed by atoms with van der Waals surface area (Å²) in [7, 11) is 0. The third kappa shape index (κ3) is 5.21. The minimum absolute atomic E-state index is 0.0408. The van der Waals surface area contributed by atoms with E-state index >= 15 is 0 Å². The number of amides is 2. The van der Waals surface area contributed by atoms with Crippen LogP contribution in [-0.2, 0) is 9.53 Å². The van der Waals surface area contributed by atoms with E-state index < -0.39 is 23.8 Å². The van der Waals surface area contributed by atoms with E-state index in [-0.39, 0.29) is 18.4 Å². The van der Waals surface area contributed by atoms with Crippen LogP contribution in [0.15, 0.2) is 24.3 Å². The number of hydrogen-bond acceptors (Lipinski definition) is 4. The first-order valence-electron chi connectivity index (χ1n) is 9.10. The van der Waals surface area contributed by atoms with Gasteiger partial charge < -0.3 is 15.2 Å². The predicted octanol–water partition coefficient (Wildman–Crippen LogP) is 2.79. The number of likely N-dealkylation sites (tertiary alicyclic amines) is 1. The summed E-state index contributed by atoms with van der Waals surface area (Å²) in [6.45, 7) is 9.93. The molecular weight excluding hydrogens is 332 g/mol.